The minimum Gasteiger partial charge on any atom is -0.477 e. The Kier molecular flexibility index (Phi) is 5.25. The molecule has 5 heterocycles. The lowest BCUT2D eigenvalue weighted by Crippen LogP contribution is -2.48. The van der Waals surface area contributed by atoms with Gasteiger partial charge in [-0.2, -0.15) is 4.98 Å². The Hall–Kier alpha value is -3.51. The molecule has 3 aliphatic heterocycles. The number of carbonyl (C=O) groups excluding carboxylic acids is 1. The maximum absolute atomic E-state index is 13.2. The van der Waals surface area contributed by atoms with Crippen LogP contribution in [0.15, 0.2) is 24.4 Å². The number of rotatable bonds is 5. The first kappa shape index (κ1) is 21.3. The van der Waals surface area contributed by atoms with Crippen molar-refractivity contribution >= 4 is 29.5 Å². The largest absolute Gasteiger partial charge is 0.477 e. The highest BCUT2D eigenvalue weighted by Gasteiger charge is 2.41. The molecule has 2 aromatic heterocycles. The van der Waals surface area contributed by atoms with E-state index >= 15 is 0 Å². The van der Waals surface area contributed by atoms with Crippen molar-refractivity contribution in [1.82, 2.24) is 15.0 Å². The summed E-state index contributed by atoms with van der Waals surface area (Å²) in [5.74, 6) is -1.13. The van der Waals surface area contributed by atoms with Crippen LogP contribution in [0.3, 0.4) is 0 Å². The van der Waals surface area contributed by atoms with Gasteiger partial charge >= 0.3 is 12.0 Å². The van der Waals surface area contributed by atoms with Gasteiger partial charge in [-0.25, -0.2) is 19.6 Å². The topological polar surface area (TPSA) is 139 Å². The molecule has 1 unspecified atom stereocenters. The summed E-state index contributed by atoms with van der Waals surface area (Å²) in [6.07, 6.45) is 2.00. The number of nitrogens with one attached hydrogen (secondary N) is 1. The Balaban J connectivity index is 1.31. The molecule has 2 bridgehead atoms. The van der Waals surface area contributed by atoms with Crippen LogP contribution in [0.5, 0.6) is 5.88 Å². The van der Waals surface area contributed by atoms with Crippen molar-refractivity contribution in [2.24, 2.45) is 0 Å². The Morgan fingerprint density at radius 3 is 2.91 bits per heavy atom. The smallest absolute Gasteiger partial charge is 0.354 e. The summed E-state index contributed by atoms with van der Waals surface area (Å²) in [6.45, 7) is 5.74. The molecule has 12 nitrogen and oxygen atoms in total. The maximum Gasteiger partial charge on any atom is 0.354 e. The highest BCUT2D eigenvalue weighted by atomic mass is 16.7. The summed E-state index contributed by atoms with van der Waals surface area (Å²) in [5, 5.41) is 12.0. The average molecular weight is 456 g/mol. The van der Waals surface area contributed by atoms with E-state index in [-0.39, 0.29) is 36.3 Å². The molecule has 0 saturated carbocycles. The highest BCUT2D eigenvalue weighted by molar-refractivity contribution is 6.04. The maximum atomic E-state index is 13.2. The van der Waals surface area contributed by atoms with E-state index in [1.807, 2.05) is 13.8 Å². The SMILES string of the molecule is CC1(C)OCC(COc2ccnc(NC(=O)N3c4nc(C(=O)O)ccc4N4CC[C@H]3C4)n2)O1. The van der Waals surface area contributed by atoms with Gasteiger partial charge in [0.15, 0.2) is 17.3 Å². The molecule has 0 aliphatic carbocycles. The van der Waals surface area contributed by atoms with Crippen LogP contribution in [0.4, 0.5) is 22.2 Å². The van der Waals surface area contributed by atoms with E-state index in [1.165, 1.54) is 17.2 Å². The molecule has 3 aliphatic rings. The normalized spacial score (nSPS) is 22.7. The van der Waals surface area contributed by atoms with E-state index in [9.17, 15) is 14.7 Å². The standard InChI is InChI=1S/C21H24N6O6/c1-21(2)32-11-13(33-21)10-31-16-5-7-22-19(24-16)25-20(30)27-12-6-8-26(9-12)15-4-3-14(18(28)29)23-17(15)27/h3-5,7,12-13H,6,8-11H2,1-2H3,(H,28,29)(H,22,24,25,30)/t12-,13?/m0/s1. The fraction of sp³-hybridized carbons (Fsp3) is 0.476. The molecule has 2 saturated heterocycles. The molecule has 2 atom stereocenters. The number of anilines is 3. The Morgan fingerprint density at radius 1 is 1.30 bits per heavy atom. The number of carboxylic acid groups (broad SMARTS) is 1. The molecule has 33 heavy (non-hydrogen) atoms. The van der Waals surface area contributed by atoms with E-state index in [4.69, 9.17) is 14.2 Å². The van der Waals surface area contributed by atoms with Gasteiger partial charge in [-0.05, 0) is 32.4 Å². The molecule has 12 heteroatoms. The predicted octanol–water partition coefficient (Wildman–Crippen LogP) is 1.73. The number of pyridine rings is 1. The van der Waals surface area contributed by atoms with Gasteiger partial charge in [0, 0.05) is 25.4 Å². The van der Waals surface area contributed by atoms with Crippen molar-refractivity contribution in [1.29, 1.82) is 0 Å². The second-order valence-electron chi connectivity index (χ2n) is 8.51. The predicted molar refractivity (Wildman–Crippen MR) is 116 cm³/mol. The zero-order valence-electron chi connectivity index (χ0n) is 18.2. The number of hydrogen-bond donors (Lipinski definition) is 2. The van der Waals surface area contributed by atoms with Crippen molar-refractivity contribution in [2.45, 2.75) is 38.2 Å². The van der Waals surface area contributed by atoms with Crippen LogP contribution in [0.1, 0.15) is 30.8 Å². The zero-order valence-corrected chi connectivity index (χ0v) is 18.2. The van der Waals surface area contributed by atoms with Crippen LogP contribution in [-0.4, -0.2) is 76.3 Å². The van der Waals surface area contributed by atoms with E-state index in [1.54, 1.807) is 12.1 Å². The highest BCUT2D eigenvalue weighted by Crippen LogP contribution is 2.39. The average Bonchev–Trinajstić information content (AvgIpc) is 3.35. The summed E-state index contributed by atoms with van der Waals surface area (Å²) in [4.78, 5) is 40.8. The number of carboxylic acids is 1. The van der Waals surface area contributed by atoms with Crippen LogP contribution in [-0.2, 0) is 9.47 Å². The summed E-state index contributed by atoms with van der Waals surface area (Å²) in [6, 6.07) is 4.11. The minimum absolute atomic E-state index is 0.0674. The Bertz CT molecular complexity index is 1090. The summed E-state index contributed by atoms with van der Waals surface area (Å²) in [5.41, 5.74) is 0.602. The van der Waals surface area contributed by atoms with Gasteiger partial charge in [0.25, 0.3) is 0 Å². The monoisotopic (exact) mass is 456 g/mol. The quantitative estimate of drug-likeness (QED) is 0.684. The van der Waals surface area contributed by atoms with Gasteiger partial charge in [-0.3, -0.25) is 10.2 Å². The third-order valence-electron chi connectivity index (χ3n) is 5.72. The minimum atomic E-state index is -1.15. The fourth-order valence-electron chi connectivity index (χ4n) is 4.25. The number of amides is 2. The third-order valence-corrected chi connectivity index (χ3v) is 5.72. The lowest BCUT2D eigenvalue weighted by Gasteiger charge is -2.35. The number of aromatic nitrogens is 3. The molecular weight excluding hydrogens is 432 g/mol. The number of urea groups is 1. The van der Waals surface area contributed by atoms with Crippen LogP contribution in [0.25, 0.3) is 0 Å². The Morgan fingerprint density at radius 2 is 2.15 bits per heavy atom. The number of hydrogen-bond acceptors (Lipinski definition) is 9. The van der Waals surface area contributed by atoms with Crippen molar-refractivity contribution < 1.29 is 28.9 Å². The van der Waals surface area contributed by atoms with Crippen molar-refractivity contribution in [3.63, 3.8) is 0 Å². The van der Waals surface area contributed by atoms with Crippen LogP contribution < -0.4 is 19.9 Å². The van der Waals surface area contributed by atoms with Crippen molar-refractivity contribution in [2.75, 3.05) is 41.4 Å². The number of nitrogens with zero attached hydrogens (tertiary/aromatic N) is 5. The summed E-state index contributed by atoms with van der Waals surface area (Å²) < 4.78 is 16.9. The first-order valence-electron chi connectivity index (χ1n) is 10.7. The second-order valence-corrected chi connectivity index (χ2v) is 8.51. The van der Waals surface area contributed by atoms with Gasteiger partial charge in [-0.1, -0.05) is 0 Å². The molecule has 174 valence electrons. The molecule has 2 N–H and O–H groups in total. The first-order chi connectivity index (χ1) is 15.8. The molecule has 0 aromatic carbocycles. The fourth-order valence-corrected chi connectivity index (χ4v) is 4.25. The molecule has 2 aromatic rings. The molecule has 5 rings (SSSR count). The molecule has 2 amide bonds. The van der Waals surface area contributed by atoms with Gasteiger partial charge in [0.1, 0.15) is 12.7 Å². The molecular formula is C21H24N6O6. The van der Waals surface area contributed by atoms with Gasteiger partial charge in [0.2, 0.25) is 11.8 Å². The van der Waals surface area contributed by atoms with Crippen molar-refractivity contribution in [3.8, 4) is 5.88 Å². The molecule has 0 radical (unpaired) electrons. The number of fused-ring (bicyclic) bond motifs is 4. The van der Waals surface area contributed by atoms with Gasteiger partial charge in [0.05, 0.1) is 18.3 Å². The lowest BCUT2D eigenvalue weighted by atomic mass is 10.2. The second kappa shape index (κ2) is 8.12. The number of carbonyl (C=O) groups is 2. The van der Waals surface area contributed by atoms with Crippen LogP contribution in [0, 0.1) is 0 Å². The lowest BCUT2D eigenvalue weighted by molar-refractivity contribution is -0.141. The first-order valence-corrected chi connectivity index (χ1v) is 10.7. The van der Waals surface area contributed by atoms with Crippen LogP contribution >= 0.6 is 0 Å². The Labute approximate surface area is 189 Å². The number of aromatic carboxylic acids is 1. The summed E-state index contributed by atoms with van der Waals surface area (Å²) in [7, 11) is 0. The van der Waals surface area contributed by atoms with E-state index < -0.39 is 17.8 Å². The van der Waals surface area contributed by atoms with Gasteiger partial charge in [-0.15, -0.1) is 0 Å². The molecule has 0 spiro atoms. The van der Waals surface area contributed by atoms with E-state index in [0.717, 1.165) is 18.7 Å². The number of ether oxygens (including phenoxy) is 3. The van der Waals surface area contributed by atoms with Gasteiger partial charge < -0.3 is 24.2 Å². The third kappa shape index (κ3) is 4.26. The molecule has 2 fully saturated rings. The zero-order chi connectivity index (χ0) is 23.2. The van der Waals surface area contributed by atoms with E-state index in [2.05, 4.69) is 25.2 Å². The summed E-state index contributed by atoms with van der Waals surface area (Å²) >= 11 is 0. The van der Waals surface area contributed by atoms with Crippen LogP contribution in [0.2, 0.25) is 0 Å². The van der Waals surface area contributed by atoms with Crippen molar-refractivity contribution in [3.05, 3.63) is 30.1 Å². The van der Waals surface area contributed by atoms with E-state index in [0.29, 0.717) is 19.0 Å².